The van der Waals surface area contributed by atoms with Crippen molar-refractivity contribution in [2.45, 2.75) is 26.7 Å². The Labute approximate surface area is 181 Å². The number of aryl methyl sites for hydroxylation is 2. The van der Waals surface area contributed by atoms with Crippen molar-refractivity contribution in [1.29, 1.82) is 10.5 Å². The van der Waals surface area contributed by atoms with Gasteiger partial charge in [0.05, 0.1) is 30.5 Å². The molecular formula is C24H23N3O4. The average Bonchev–Trinajstić information content (AvgIpc) is 2.78. The van der Waals surface area contributed by atoms with Gasteiger partial charge in [0, 0.05) is 24.2 Å². The standard InChI is InChI=1S/C24H23N3O4/c1-17-9-10-18(2)21(15-17)23(29)19-7-3-4-8-20(19)24(30)31-16-22(28)27(13-5-11-25)14-6-12-26/h3-4,7-10,15H,5-6,13-14,16H2,1-2H3. The summed E-state index contributed by atoms with van der Waals surface area (Å²) in [5.41, 5.74) is 2.48. The van der Waals surface area contributed by atoms with Gasteiger partial charge in [-0.2, -0.15) is 10.5 Å². The van der Waals surface area contributed by atoms with Crippen molar-refractivity contribution in [1.82, 2.24) is 4.90 Å². The highest BCUT2D eigenvalue weighted by Crippen LogP contribution is 2.19. The van der Waals surface area contributed by atoms with Gasteiger partial charge in [-0.15, -0.1) is 0 Å². The van der Waals surface area contributed by atoms with E-state index in [0.29, 0.717) is 5.56 Å². The summed E-state index contributed by atoms with van der Waals surface area (Å²) in [6.45, 7) is 3.46. The monoisotopic (exact) mass is 417 g/mol. The maximum absolute atomic E-state index is 13.1. The molecule has 0 unspecified atom stereocenters. The van der Waals surface area contributed by atoms with Gasteiger partial charge in [0.2, 0.25) is 0 Å². The second-order valence-corrected chi connectivity index (χ2v) is 6.97. The lowest BCUT2D eigenvalue weighted by molar-refractivity contribution is -0.134. The predicted molar refractivity (Wildman–Crippen MR) is 113 cm³/mol. The van der Waals surface area contributed by atoms with Crippen molar-refractivity contribution in [3.05, 3.63) is 70.3 Å². The van der Waals surface area contributed by atoms with Gasteiger partial charge in [0.15, 0.2) is 12.4 Å². The van der Waals surface area contributed by atoms with Crippen LogP contribution in [-0.4, -0.2) is 42.3 Å². The summed E-state index contributed by atoms with van der Waals surface area (Å²) in [6.07, 6.45) is 0.219. The van der Waals surface area contributed by atoms with Gasteiger partial charge >= 0.3 is 5.97 Å². The quantitative estimate of drug-likeness (QED) is 0.457. The molecule has 158 valence electrons. The Morgan fingerprint density at radius 2 is 1.52 bits per heavy atom. The lowest BCUT2D eigenvalue weighted by Crippen LogP contribution is -2.36. The Balaban J connectivity index is 2.17. The van der Waals surface area contributed by atoms with Crippen LogP contribution >= 0.6 is 0 Å². The van der Waals surface area contributed by atoms with Crippen molar-refractivity contribution >= 4 is 17.7 Å². The van der Waals surface area contributed by atoms with Gasteiger partial charge in [-0.1, -0.05) is 35.9 Å². The average molecular weight is 417 g/mol. The fraction of sp³-hybridized carbons (Fsp3) is 0.292. The molecule has 31 heavy (non-hydrogen) atoms. The molecule has 0 atom stereocenters. The molecule has 2 rings (SSSR count). The number of rotatable bonds is 9. The van der Waals surface area contributed by atoms with E-state index in [1.807, 2.05) is 38.1 Å². The number of ether oxygens (including phenoxy) is 1. The Morgan fingerprint density at radius 3 is 2.13 bits per heavy atom. The minimum Gasteiger partial charge on any atom is -0.452 e. The molecule has 0 aliphatic carbocycles. The SMILES string of the molecule is Cc1ccc(C)c(C(=O)c2ccccc2C(=O)OCC(=O)N(CCC#N)CCC#N)c1. The van der Waals surface area contributed by atoms with Crippen LogP contribution < -0.4 is 0 Å². The topological polar surface area (TPSA) is 111 Å². The number of esters is 1. The van der Waals surface area contributed by atoms with Gasteiger partial charge in [0.25, 0.3) is 5.91 Å². The molecule has 0 spiro atoms. The molecule has 0 N–H and O–H groups in total. The number of nitriles is 2. The van der Waals surface area contributed by atoms with Crippen LogP contribution in [0.5, 0.6) is 0 Å². The third kappa shape index (κ3) is 6.25. The van der Waals surface area contributed by atoms with Crippen LogP contribution in [0.2, 0.25) is 0 Å². The first kappa shape index (κ1) is 23.3. The predicted octanol–water partition coefficient (Wildman–Crippen LogP) is 3.35. The smallest absolute Gasteiger partial charge is 0.339 e. The van der Waals surface area contributed by atoms with Gasteiger partial charge < -0.3 is 9.64 Å². The van der Waals surface area contributed by atoms with Crippen LogP contribution in [0.25, 0.3) is 0 Å². The van der Waals surface area contributed by atoms with E-state index >= 15 is 0 Å². The van der Waals surface area contributed by atoms with Crippen molar-refractivity contribution < 1.29 is 19.1 Å². The zero-order chi connectivity index (χ0) is 22.8. The molecule has 0 saturated heterocycles. The number of carbonyl (C=O) groups excluding carboxylic acids is 3. The Bertz CT molecular complexity index is 1050. The molecule has 1 amide bonds. The number of hydrogen-bond donors (Lipinski definition) is 0. The van der Waals surface area contributed by atoms with Crippen LogP contribution in [0.1, 0.15) is 50.2 Å². The number of nitrogens with zero attached hydrogens (tertiary/aromatic N) is 3. The van der Waals surface area contributed by atoms with E-state index < -0.39 is 18.5 Å². The first-order valence-electron chi connectivity index (χ1n) is 9.78. The second kappa shape index (κ2) is 11.3. The molecule has 0 heterocycles. The summed E-state index contributed by atoms with van der Waals surface area (Å²) < 4.78 is 5.16. The van der Waals surface area contributed by atoms with E-state index in [1.54, 1.807) is 24.3 Å². The fourth-order valence-corrected chi connectivity index (χ4v) is 3.01. The van der Waals surface area contributed by atoms with E-state index in [2.05, 4.69) is 0 Å². The molecule has 0 aliphatic heterocycles. The first-order chi connectivity index (χ1) is 14.9. The van der Waals surface area contributed by atoms with E-state index in [-0.39, 0.29) is 42.8 Å². The van der Waals surface area contributed by atoms with Crippen LogP contribution in [0.3, 0.4) is 0 Å². The van der Waals surface area contributed by atoms with Gasteiger partial charge in [-0.05, 0) is 31.5 Å². The molecule has 0 bridgehead atoms. The number of ketones is 1. The Morgan fingerprint density at radius 1 is 0.903 bits per heavy atom. The molecule has 2 aromatic carbocycles. The number of amides is 1. The minimum absolute atomic E-state index is 0.0711. The lowest BCUT2D eigenvalue weighted by atomic mass is 9.94. The molecule has 0 aromatic heterocycles. The summed E-state index contributed by atoms with van der Waals surface area (Å²) >= 11 is 0. The fourth-order valence-electron chi connectivity index (χ4n) is 3.01. The highest BCUT2D eigenvalue weighted by atomic mass is 16.5. The molecule has 0 radical (unpaired) electrons. The molecular weight excluding hydrogens is 394 g/mol. The maximum atomic E-state index is 13.1. The minimum atomic E-state index is -0.789. The molecule has 7 nitrogen and oxygen atoms in total. The van der Waals surface area contributed by atoms with Crippen LogP contribution in [0, 0.1) is 36.5 Å². The van der Waals surface area contributed by atoms with Crippen molar-refractivity contribution in [3.8, 4) is 12.1 Å². The van der Waals surface area contributed by atoms with Crippen molar-refractivity contribution in [2.24, 2.45) is 0 Å². The Hall–Kier alpha value is -3.97. The zero-order valence-corrected chi connectivity index (χ0v) is 17.6. The summed E-state index contributed by atoms with van der Waals surface area (Å²) in [5, 5.41) is 17.5. The highest BCUT2D eigenvalue weighted by Gasteiger charge is 2.22. The molecule has 0 fully saturated rings. The van der Waals surface area contributed by atoms with Crippen LogP contribution in [0.4, 0.5) is 0 Å². The molecule has 0 saturated carbocycles. The van der Waals surface area contributed by atoms with Gasteiger partial charge in [-0.25, -0.2) is 4.79 Å². The Kier molecular flexibility index (Phi) is 8.48. The summed E-state index contributed by atoms with van der Waals surface area (Å²) in [4.78, 5) is 39.4. The largest absolute Gasteiger partial charge is 0.452 e. The third-order valence-corrected chi connectivity index (χ3v) is 4.70. The molecule has 0 aliphatic rings. The normalized spacial score (nSPS) is 9.94. The van der Waals surface area contributed by atoms with Crippen LogP contribution in [-0.2, 0) is 9.53 Å². The van der Waals surface area contributed by atoms with E-state index in [4.69, 9.17) is 15.3 Å². The molecule has 7 heteroatoms. The summed E-state index contributed by atoms with van der Waals surface area (Å²) in [6, 6.07) is 15.7. The number of carbonyl (C=O) groups is 3. The summed E-state index contributed by atoms with van der Waals surface area (Å²) in [7, 11) is 0. The number of hydrogen-bond acceptors (Lipinski definition) is 6. The highest BCUT2D eigenvalue weighted by molar-refractivity contribution is 6.15. The third-order valence-electron chi connectivity index (χ3n) is 4.70. The summed E-state index contributed by atoms with van der Waals surface area (Å²) in [5.74, 6) is -1.59. The maximum Gasteiger partial charge on any atom is 0.339 e. The lowest BCUT2D eigenvalue weighted by Gasteiger charge is -2.20. The van der Waals surface area contributed by atoms with E-state index in [0.717, 1.165) is 11.1 Å². The van der Waals surface area contributed by atoms with E-state index in [1.165, 1.54) is 11.0 Å². The van der Waals surface area contributed by atoms with Gasteiger partial charge in [0.1, 0.15) is 0 Å². The first-order valence-corrected chi connectivity index (χ1v) is 9.78. The van der Waals surface area contributed by atoms with Gasteiger partial charge in [-0.3, -0.25) is 9.59 Å². The zero-order valence-electron chi connectivity index (χ0n) is 17.6. The van der Waals surface area contributed by atoms with Crippen molar-refractivity contribution in [2.75, 3.05) is 19.7 Å². The van der Waals surface area contributed by atoms with E-state index in [9.17, 15) is 14.4 Å². The van der Waals surface area contributed by atoms with Crippen molar-refractivity contribution in [3.63, 3.8) is 0 Å². The second-order valence-electron chi connectivity index (χ2n) is 6.97. The van der Waals surface area contributed by atoms with Crippen LogP contribution in [0.15, 0.2) is 42.5 Å². The molecule has 2 aromatic rings. The number of benzene rings is 2.